The van der Waals surface area contributed by atoms with Crippen molar-refractivity contribution in [1.82, 2.24) is 19.1 Å². The van der Waals surface area contributed by atoms with Crippen molar-refractivity contribution in [1.29, 1.82) is 0 Å². The van der Waals surface area contributed by atoms with E-state index >= 15 is 0 Å². The van der Waals surface area contributed by atoms with E-state index in [4.69, 9.17) is 9.47 Å². The Morgan fingerprint density at radius 3 is 2.42 bits per heavy atom. The quantitative estimate of drug-likeness (QED) is 0.297. The molecule has 0 aliphatic carbocycles. The largest absolute Gasteiger partial charge is 0.491 e. The molecular formula is C26H28F2N4O5S. The summed E-state index contributed by atoms with van der Waals surface area (Å²) in [5, 5.41) is 0. The third-order valence-electron chi connectivity index (χ3n) is 6.09. The van der Waals surface area contributed by atoms with Crippen LogP contribution in [-0.4, -0.2) is 59.7 Å². The van der Waals surface area contributed by atoms with Gasteiger partial charge in [-0.25, -0.2) is 32.0 Å². The maximum absolute atomic E-state index is 13.7. The monoisotopic (exact) mass is 546 g/mol. The molecule has 9 nitrogen and oxygen atoms in total. The number of alkyl halides is 2. The lowest BCUT2D eigenvalue weighted by molar-refractivity contribution is 0.126. The first-order valence-electron chi connectivity index (χ1n) is 11.8. The van der Waals surface area contributed by atoms with Gasteiger partial charge < -0.3 is 9.47 Å². The highest BCUT2D eigenvalue weighted by atomic mass is 32.2. The smallest absolute Gasteiger partial charge is 0.331 e. The number of imidazole rings is 1. The first-order valence-corrected chi connectivity index (χ1v) is 13.9. The van der Waals surface area contributed by atoms with Crippen molar-refractivity contribution in [2.45, 2.75) is 32.9 Å². The number of halogens is 2. The highest BCUT2D eigenvalue weighted by molar-refractivity contribution is 7.90. The Kier molecular flexibility index (Phi) is 7.81. The van der Waals surface area contributed by atoms with E-state index in [1.165, 1.54) is 13.2 Å². The number of hydrogen-bond donors (Lipinski definition) is 0. The summed E-state index contributed by atoms with van der Waals surface area (Å²) in [6.07, 6.45) is -0.244. The molecule has 202 valence electrons. The molecule has 0 aliphatic heterocycles. The number of methoxy groups -OCH3 is 1. The summed E-state index contributed by atoms with van der Waals surface area (Å²) in [7, 11) is -2.24. The van der Waals surface area contributed by atoms with Crippen LogP contribution in [0.25, 0.3) is 22.3 Å². The molecule has 0 radical (unpaired) electrons. The van der Waals surface area contributed by atoms with Crippen molar-refractivity contribution < 1.29 is 26.7 Å². The van der Waals surface area contributed by atoms with Gasteiger partial charge in [0.15, 0.2) is 11.4 Å². The first kappa shape index (κ1) is 27.2. The maximum atomic E-state index is 13.7. The van der Waals surface area contributed by atoms with Gasteiger partial charge in [-0.2, -0.15) is 0 Å². The summed E-state index contributed by atoms with van der Waals surface area (Å²) in [5.41, 5.74) is 1.68. The second kappa shape index (κ2) is 10.9. The normalized spacial score (nSPS) is 12.7. The summed E-state index contributed by atoms with van der Waals surface area (Å²) in [6, 6.07) is 11.1. The molecule has 1 atom stereocenters. The lowest BCUT2D eigenvalue weighted by atomic mass is 10.0. The Morgan fingerprint density at radius 1 is 1.11 bits per heavy atom. The van der Waals surface area contributed by atoms with E-state index in [0.29, 0.717) is 16.9 Å². The zero-order chi connectivity index (χ0) is 27.6. The average Bonchev–Trinajstić information content (AvgIpc) is 3.14. The van der Waals surface area contributed by atoms with E-state index in [0.717, 1.165) is 21.0 Å². The lowest BCUT2D eigenvalue weighted by Crippen LogP contribution is -2.33. The second-order valence-electron chi connectivity index (χ2n) is 8.77. The van der Waals surface area contributed by atoms with Crippen LogP contribution in [0.2, 0.25) is 0 Å². The summed E-state index contributed by atoms with van der Waals surface area (Å²) in [4.78, 5) is 22.7. The van der Waals surface area contributed by atoms with E-state index in [9.17, 15) is 22.0 Å². The Hall–Kier alpha value is -3.80. The predicted octanol–water partition coefficient (Wildman–Crippen LogP) is 3.87. The van der Waals surface area contributed by atoms with Crippen molar-refractivity contribution in [3.8, 4) is 22.8 Å². The van der Waals surface area contributed by atoms with Gasteiger partial charge in [0, 0.05) is 18.0 Å². The van der Waals surface area contributed by atoms with Crippen LogP contribution >= 0.6 is 0 Å². The molecule has 1 aromatic carbocycles. The minimum Gasteiger partial charge on any atom is -0.491 e. The van der Waals surface area contributed by atoms with Crippen molar-refractivity contribution in [2.75, 3.05) is 25.7 Å². The number of fused-ring (bicyclic) bond motifs is 1. The van der Waals surface area contributed by atoms with Gasteiger partial charge in [-0.05, 0) is 37.1 Å². The molecule has 0 aliphatic rings. The Morgan fingerprint density at radius 2 is 1.82 bits per heavy atom. The van der Waals surface area contributed by atoms with E-state index in [-0.39, 0.29) is 29.3 Å². The molecule has 0 N–H and O–H groups in total. The van der Waals surface area contributed by atoms with Crippen molar-refractivity contribution >= 4 is 21.0 Å². The van der Waals surface area contributed by atoms with Gasteiger partial charge in [0.1, 0.15) is 9.84 Å². The van der Waals surface area contributed by atoms with Crippen molar-refractivity contribution in [2.24, 2.45) is 0 Å². The Labute approximate surface area is 218 Å². The number of aromatic nitrogens is 4. The molecule has 12 heteroatoms. The number of ether oxygens (including phenoxy) is 2. The van der Waals surface area contributed by atoms with E-state index in [1.807, 2.05) is 30.3 Å². The first-order chi connectivity index (χ1) is 18.1. The predicted molar refractivity (Wildman–Crippen MR) is 140 cm³/mol. The molecule has 3 aromatic heterocycles. The molecule has 0 bridgehead atoms. The van der Waals surface area contributed by atoms with E-state index in [1.54, 1.807) is 26.1 Å². The second-order valence-corrected chi connectivity index (χ2v) is 11.0. The Bertz CT molecular complexity index is 1620. The van der Waals surface area contributed by atoms with Crippen LogP contribution in [0.3, 0.4) is 0 Å². The van der Waals surface area contributed by atoms with Crippen LogP contribution < -0.4 is 15.2 Å². The summed E-state index contributed by atoms with van der Waals surface area (Å²) in [5.74, 6) is -0.0826. The highest BCUT2D eigenvalue weighted by Gasteiger charge is 2.30. The number of hydrogen-bond acceptors (Lipinski definition) is 7. The van der Waals surface area contributed by atoms with Gasteiger partial charge in [0.2, 0.25) is 0 Å². The van der Waals surface area contributed by atoms with Gasteiger partial charge in [-0.1, -0.05) is 30.3 Å². The number of nitrogens with zero attached hydrogens (tertiary/aromatic N) is 4. The molecule has 4 rings (SSSR count). The van der Waals surface area contributed by atoms with Gasteiger partial charge in [0.25, 0.3) is 12.3 Å². The third-order valence-corrected chi connectivity index (χ3v) is 7.01. The van der Waals surface area contributed by atoms with Gasteiger partial charge in [-0.3, -0.25) is 9.13 Å². The molecule has 1 unspecified atom stereocenters. The van der Waals surface area contributed by atoms with Crippen molar-refractivity contribution in [3.63, 3.8) is 0 Å². The minimum absolute atomic E-state index is 0.0806. The summed E-state index contributed by atoms with van der Waals surface area (Å²) in [6.45, 7) is 2.86. The zero-order valence-corrected chi connectivity index (χ0v) is 22.2. The minimum atomic E-state index is -3.68. The molecule has 0 spiro atoms. The van der Waals surface area contributed by atoms with E-state index in [2.05, 4.69) is 9.97 Å². The summed E-state index contributed by atoms with van der Waals surface area (Å²) >= 11 is 0. The molecule has 0 fully saturated rings. The van der Waals surface area contributed by atoms with Crippen molar-refractivity contribution in [3.05, 3.63) is 70.4 Å². The van der Waals surface area contributed by atoms with Crippen LogP contribution in [0.1, 0.15) is 24.2 Å². The number of benzene rings is 1. The average molecular weight is 547 g/mol. The number of sulfone groups is 1. The third kappa shape index (κ3) is 5.40. The van der Waals surface area contributed by atoms with Crippen LogP contribution in [-0.2, 0) is 16.4 Å². The summed E-state index contributed by atoms with van der Waals surface area (Å²) < 4.78 is 65.3. The molecule has 0 saturated carbocycles. The molecule has 0 amide bonds. The fourth-order valence-corrected chi connectivity index (χ4v) is 5.39. The number of pyridine rings is 2. The van der Waals surface area contributed by atoms with Gasteiger partial charge in [0.05, 0.1) is 43.3 Å². The lowest BCUT2D eigenvalue weighted by Gasteiger charge is -2.19. The molecule has 4 aromatic rings. The van der Waals surface area contributed by atoms with Gasteiger partial charge in [-0.15, -0.1) is 0 Å². The fourth-order valence-electron chi connectivity index (χ4n) is 4.49. The standard InChI is InChI=1S/C26H28F2N4O5S/c1-5-37-25-21(36-3)12-11-19(30-25)20(15-38(4,34)35)32-24-23(31(26(32)33)14-22(27)28)16(2)18(13-29-24)17-9-7-6-8-10-17/h6-13,20,22H,5,14-15H2,1-4H3. The topological polar surface area (TPSA) is 105 Å². The van der Waals surface area contributed by atoms with Gasteiger partial charge >= 0.3 is 5.69 Å². The molecule has 38 heavy (non-hydrogen) atoms. The number of rotatable bonds is 10. The molecule has 3 heterocycles. The van der Waals surface area contributed by atoms with Crippen LogP contribution in [0.4, 0.5) is 8.78 Å². The Balaban J connectivity index is 2.04. The SMILES string of the molecule is CCOc1nc(C(CS(C)(=O)=O)n2c(=O)n(CC(F)F)c3c(C)c(-c4ccccc4)cnc32)ccc1OC. The van der Waals surface area contributed by atoms with Crippen LogP contribution in [0.5, 0.6) is 11.6 Å². The maximum Gasteiger partial charge on any atom is 0.331 e. The van der Waals surface area contributed by atoms with Crippen LogP contribution in [0, 0.1) is 6.92 Å². The van der Waals surface area contributed by atoms with E-state index < -0.39 is 40.3 Å². The zero-order valence-electron chi connectivity index (χ0n) is 21.4. The molecular weight excluding hydrogens is 518 g/mol. The molecule has 0 saturated heterocycles. The highest BCUT2D eigenvalue weighted by Crippen LogP contribution is 2.32. The fraction of sp³-hybridized carbons (Fsp3) is 0.346. The van der Waals surface area contributed by atoms with Crippen LogP contribution in [0.15, 0.2) is 53.5 Å². The number of aryl methyl sites for hydroxylation is 1.